The van der Waals surface area contributed by atoms with Crippen LogP contribution >= 0.6 is 15.9 Å². The van der Waals surface area contributed by atoms with Gasteiger partial charge in [0.25, 0.3) is 0 Å². The van der Waals surface area contributed by atoms with Crippen LogP contribution in [0.15, 0.2) is 51.3 Å². The summed E-state index contributed by atoms with van der Waals surface area (Å²) in [5, 5.41) is 3.38. The highest BCUT2D eigenvalue weighted by atomic mass is 79.9. The molecule has 2 aliphatic rings. The minimum absolute atomic E-state index is 0.207. The summed E-state index contributed by atoms with van der Waals surface area (Å²) < 4.78 is 6.66. The van der Waals surface area contributed by atoms with Crippen LogP contribution in [-0.4, -0.2) is 18.4 Å². The maximum absolute atomic E-state index is 13.2. The third-order valence-corrected chi connectivity index (χ3v) is 6.32. The molecule has 1 aromatic carbocycles. The minimum Gasteiger partial charge on any atom is -0.462 e. The zero-order valence-corrected chi connectivity index (χ0v) is 19.3. The summed E-state index contributed by atoms with van der Waals surface area (Å²) in [5.41, 5.74) is 4.23. The fraction of sp³-hybridized carbons (Fsp3) is 0.500. The number of benzene rings is 1. The van der Waals surface area contributed by atoms with Crippen molar-refractivity contribution in [3.8, 4) is 0 Å². The monoisotopic (exact) mass is 459 g/mol. The number of unbranched alkanes of at least 4 members (excludes halogenated alkanes) is 2. The third-order valence-electron chi connectivity index (χ3n) is 5.79. The molecule has 0 saturated carbocycles. The SMILES string of the molecule is CCCCCOC(=O)C1=C(C)NC2=C(C1c1ccc(Br)cc1)C(C)(C)CC(=O)C2. The van der Waals surface area contributed by atoms with E-state index in [-0.39, 0.29) is 23.1 Å². The molecule has 0 bridgehead atoms. The predicted octanol–water partition coefficient (Wildman–Crippen LogP) is 5.79. The van der Waals surface area contributed by atoms with E-state index >= 15 is 0 Å². The van der Waals surface area contributed by atoms with Gasteiger partial charge in [-0.15, -0.1) is 0 Å². The zero-order chi connectivity index (χ0) is 21.2. The summed E-state index contributed by atoms with van der Waals surface area (Å²) in [5.74, 6) is -0.242. The molecule has 1 aliphatic heterocycles. The minimum atomic E-state index is -0.330. The lowest BCUT2D eigenvalue weighted by atomic mass is 9.64. The number of allylic oxidation sites excluding steroid dienone is 3. The van der Waals surface area contributed by atoms with Gasteiger partial charge in [-0.3, -0.25) is 4.79 Å². The second kappa shape index (κ2) is 8.86. The molecular weight excluding hydrogens is 430 g/mol. The van der Waals surface area contributed by atoms with Crippen molar-refractivity contribution in [2.45, 2.75) is 65.7 Å². The van der Waals surface area contributed by atoms with Crippen molar-refractivity contribution in [3.05, 3.63) is 56.8 Å². The molecule has 1 heterocycles. The third kappa shape index (κ3) is 4.66. The lowest BCUT2D eigenvalue weighted by Crippen LogP contribution is -2.39. The molecule has 1 N–H and O–H groups in total. The molecule has 3 rings (SSSR count). The van der Waals surface area contributed by atoms with Crippen LogP contribution in [0.3, 0.4) is 0 Å². The van der Waals surface area contributed by atoms with E-state index in [4.69, 9.17) is 4.74 Å². The summed E-state index contributed by atoms with van der Waals surface area (Å²) in [6.07, 6.45) is 3.88. The number of carbonyl (C=O) groups is 2. The Bertz CT molecular complexity index is 865. The number of hydrogen-bond acceptors (Lipinski definition) is 4. The van der Waals surface area contributed by atoms with Crippen LogP contribution in [-0.2, 0) is 14.3 Å². The average Bonchev–Trinajstić information content (AvgIpc) is 2.63. The Labute approximate surface area is 181 Å². The van der Waals surface area contributed by atoms with Crippen molar-refractivity contribution in [2.75, 3.05) is 6.61 Å². The number of dihydropyridines is 1. The number of ketones is 1. The van der Waals surface area contributed by atoms with Crippen molar-refractivity contribution in [1.29, 1.82) is 0 Å². The number of esters is 1. The van der Waals surface area contributed by atoms with Crippen LogP contribution < -0.4 is 5.32 Å². The fourth-order valence-corrected chi connectivity index (χ4v) is 4.80. The summed E-state index contributed by atoms with van der Waals surface area (Å²) in [6, 6.07) is 8.10. The van der Waals surface area contributed by atoms with Gasteiger partial charge in [0, 0.05) is 34.6 Å². The second-order valence-electron chi connectivity index (χ2n) is 8.66. The molecule has 156 valence electrons. The first kappa shape index (κ1) is 21.8. The number of rotatable bonds is 6. The number of halogens is 1. The van der Waals surface area contributed by atoms with Crippen LogP contribution in [0.1, 0.15) is 71.3 Å². The molecule has 0 fully saturated rings. The first-order valence-corrected chi connectivity index (χ1v) is 11.2. The molecule has 1 unspecified atom stereocenters. The van der Waals surface area contributed by atoms with Gasteiger partial charge in [-0.25, -0.2) is 4.79 Å². The largest absolute Gasteiger partial charge is 0.462 e. The number of Topliss-reactive ketones (excluding diaryl/α,β-unsaturated/α-hetero) is 1. The molecule has 0 amide bonds. The normalized spacial score (nSPS) is 21.0. The molecule has 0 saturated heterocycles. The van der Waals surface area contributed by atoms with E-state index in [0.29, 0.717) is 25.0 Å². The van der Waals surface area contributed by atoms with Gasteiger partial charge in [0.2, 0.25) is 0 Å². The standard InChI is InChI=1S/C24H30BrNO3/c1-5-6-7-12-29-23(28)20-15(2)26-19-13-18(27)14-24(3,4)22(19)21(20)16-8-10-17(25)11-9-16/h8-11,21,26H,5-7,12-14H2,1-4H3. The smallest absolute Gasteiger partial charge is 0.336 e. The Kier molecular flexibility index (Phi) is 6.67. The maximum Gasteiger partial charge on any atom is 0.336 e. The Morgan fingerprint density at radius 1 is 1.24 bits per heavy atom. The molecule has 4 nitrogen and oxygen atoms in total. The van der Waals surface area contributed by atoms with E-state index in [9.17, 15) is 9.59 Å². The van der Waals surface area contributed by atoms with E-state index in [1.165, 1.54) is 0 Å². The number of carbonyl (C=O) groups excluding carboxylic acids is 2. The molecule has 1 aliphatic carbocycles. The summed E-state index contributed by atoms with van der Waals surface area (Å²) in [4.78, 5) is 25.5. The van der Waals surface area contributed by atoms with E-state index in [1.807, 2.05) is 19.1 Å². The van der Waals surface area contributed by atoms with E-state index in [0.717, 1.165) is 46.3 Å². The first-order chi connectivity index (χ1) is 13.7. The second-order valence-corrected chi connectivity index (χ2v) is 9.58. The molecule has 0 radical (unpaired) electrons. The van der Waals surface area contributed by atoms with Crippen LogP contribution in [0.2, 0.25) is 0 Å². The highest BCUT2D eigenvalue weighted by Crippen LogP contribution is 2.51. The van der Waals surface area contributed by atoms with Gasteiger partial charge in [0.1, 0.15) is 5.78 Å². The Hall–Kier alpha value is -1.88. The van der Waals surface area contributed by atoms with Crippen molar-refractivity contribution >= 4 is 27.7 Å². The fourth-order valence-electron chi connectivity index (χ4n) is 4.54. The zero-order valence-electron chi connectivity index (χ0n) is 17.7. The highest BCUT2D eigenvalue weighted by molar-refractivity contribution is 9.10. The van der Waals surface area contributed by atoms with Gasteiger partial charge in [0.15, 0.2) is 0 Å². The van der Waals surface area contributed by atoms with Crippen LogP contribution in [0.4, 0.5) is 0 Å². The lowest BCUT2D eigenvalue weighted by molar-refractivity contribution is -0.139. The van der Waals surface area contributed by atoms with Crippen molar-refractivity contribution in [1.82, 2.24) is 5.32 Å². The lowest BCUT2D eigenvalue weighted by Gasteiger charge is -2.43. The van der Waals surface area contributed by atoms with Gasteiger partial charge >= 0.3 is 5.97 Å². The summed E-state index contributed by atoms with van der Waals surface area (Å²) >= 11 is 3.50. The molecule has 5 heteroatoms. The van der Waals surface area contributed by atoms with Gasteiger partial charge in [-0.05, 0) is 42.0 Å². The molecular formula is C24H30BrNO3. The number of hydrogen-bond donors (Lipinski definition) is 1. The van der Waals surface area contributed by atoms with Gasteiger partial charge in [0.05, 0.1) is 12.2 Å². The Balaban J connectivity index is 2.04. The highest BCUT2D eigenvalue weighted by Gasteiger charge is 2.44. The Morgan fingerprint density at radius 3 is 2.59 bits per heavy atom. The molecule has 29 heavy (non-hydrogen) atoms. The van der Waals surface area contributed by atoms with E-state index in [2.05, 4.69) is 54.2 Å². The Morgan fingerprint density at radius 2 is 1.93 bits per heavy atom. The average molecular weight is 460 g/mol. The summed E-state index contributed by atoms with van der Waals surface area (Å²) in [7, 11) is 0. The number of nitrogens with one attached hydrogen (secondary N) is 1. The molecule has 0 spiro atoms. The van der Waals surface area contributed by atoms with Gasteiger partial charge in [-0.1, -0.05) is 61.7 Å². The number of ether oxygens (including phenoxy) is 1. The first-order valence-electron chi connectivity index (χ1n) is 10.4. The van der Waals surface area contributed by atoms with Gasteiger partial charge < -0.3 is 10.1 Å². The van der Waals surface area contributed by atoms with Crippen LogP contribution in [0, 0.1) is 5.41 Å². The van der Waals surface area contributed by atoms with E-state index < -0.39 is 0 Å². The predicted molar refractivity (Wildman–Crippen MR) is 118 cm³/mol. The quantitative estimate of drug-likeness (QED) is 0.432. The van der Waals surface area contributed by atoms with E-state index in [1.54, 1.807) is 0 Å². The topological polar surface area (TPSA) is 55.4 Å². The maximum atomic E-state index is 13.2. The summed E-state index contributed by atoms with van der Waals surface area (Å²) in [6.45, 7) is 8.66. The van der Waals surface area contributed by atoms with Crippen LogP contribution in [0.5, 0.6) is 0 Å². The van der Waals surface area contributed by atoms with Crippen molar-refractivity contribution in [3.63, 3.8) is 0 Å². The molecule has 1 aromatic rings. The molecule has 1 atom stereocenters. The van der Waals surface area contributed by atoms with Crippen molar-refractivity contribution in [2.24, 2.45) is 5.41 Å². The van der Waals surface area contributed by atoms with Crippen LogP contribution in [0.25, 0.3) is 0 Å². The van der Waals surface area contributed by atoms with Crippen molar-refractivity contribution < 1.29 is 14.3 Å². The van der Waals surface area contributed by atoms with Gasteiger partial charge in [-0.2, -0.15) is 0 Å². The molecule has 0 aromatic heterocycles.